The van der Waals surface area contributed by atoms with Crippen molar-refractivity contribution in [2.24, 2.45) is 23.5 Å². The number of sulfone groups is 1. The number of fused-ring (bicyclic) bond motifs is 1. The van der Waals surface area contributed by atoms with Gasteiger partial charge in [-0.25, -0.2) is 8.42 Å². The van der Waals surface area contributed by atoms with Crippen LogP contribution in [0.3, 0.4) is 0 Å². The third-order valence-corrected chi connectivity index (χ3v) is 8.11. The van der Waals surface area contributed by atoms with Crippen molar-refractivity contribution in [3.8, 4) is 11.5 Å². The van der Waals surface area contributed by atoms with E-state index in [-0.39, 0.29) is 42.4 Å². The number of hydrogen-bond donors (Lipinski definition) is 2. The molecule has 198 valence electrons. The Kier molecular flexibility index (Phi) is 9.35. The summed E-state index contributed by atoms with van der Waals surface area (Å²) in [6.07, 6.45) is 0.712. The van der Waals surface area contributed by atoms with Crippen LogP contribution in [0.15, 0.2) is 53.4 Å². The van der Waals surface area contributed by atoms with Crippen LogP contribution in [0.4, 0.5) is 0 Å². The van der Waals surface area contributed by atoms with Crippen molar-refractivity contribution in [3.05, 3.63) is 54.1 Å². The number of nitrogens with two attached hydrogens (primary N) is 1. The third-order valence-electron chi connectivity index (χ3n) is 6.13. The first-order valence-corrected chi connectivity index (χ1v) is 13.8. The Morgan fingerprint density at radius 3 is 2.33 bits per heavy atom. The van der Waals surface area contributed by atoms with Gasteiger partial charge < -0.3 is 15.2 Å². The molecule has 1 aliphatic heterocycles. The van der Waals surface area contributed by atoms with Crippen LogP contribution in [-0.2, 0) is 21.1 Å². The molecule has 9 nitrogen and oxygen atoms in total. The fourth-order valence-corrected chi connectivity index (χ4v) is 5.71. The monoisotopic (exact) mass is 519 g/mol. The van der Waals surface area contributed by atoms with Gasteiger partial charge in [-0.3, -0.25) is 15.0 Å². The van der Waals surface area contributed by atoms with Gasteiger partial charge >= 0.3 is 0 Å². The lowest BCUT2D eigenvalue weighted by Crippen LogP contribution is -2.55. The molecule has 0 saturated carbocycles. The predicted molar refractivity (Wildman–Crippen MR) is 136 cm³/mol. The van der Waals surface area contributed by atoms with Crippen molar-refractivity contribution in [2.75, 3.05) is 25.6 Å². The summed E-state index contributed by atoms with van der Waals surface area (Å²) in [6.45, 7) is 7.64. The quantitative estimate of drug-likeness (QED) is 0.410. The van der Waals surface area contributed by atoms with E-state index in [2.05, 4.69) is 0 Å². The Balaban J connectivity index is 1.69. The average Bonchev–Trinajstić information content (AvgIpc) is 3.29. The molecule has 0 fully saturated rings. The highest BCUT2D eigenvalue weighted by Crippen LogP contribution is 2.34. The molecule has 2 aromatic carbocycles. The van der Waals surface area contributed by atoms with Crippen LogP contribution in [0, 0.1) is 17.8 Å². The van der Waals surface area contributed by atoms with E-state index in [0.717, 1.165) is 10.7 Å². The smallest absolute Gasteiger partial charge is 0.255 e. The van der Waals surface area contributed by atoms with Gasteiger partial charge in [0.05, 0.1) is 16.7 Å². The van der Waals surface area contributed by atoms with Gasteiger partial charge in [-0.05, 0) is 41.9 Å². The zero-order valence-corrected chi connectivity index (χ0v) is 22.1. The second kappa shape index (κ2) is 12.1. The summed E-state index contributed by atoms with van der Waals surface area (Å²) in [5.41, 5.74) is 7.26. The van der Waals surface area contributed by atoms with Gasteiger partial charge in [0, 0.05) is 19.2 Å². The molecule has 1 heterocycles. The number of ether oxygens (including phenoxy) is 2. The van der Waals surface area contributed by atoms with Gasteiger partial charge in [0.2, 0.25) is 6.79 Å². The van der Waals surface area contributed by atoms with Crippen molar-refractivity contribution < 1.29 is 27.9 Å². The molecular weight excluding hydrogens is 482 g/mol. The lowest BCUT2D eigenvalue weighted by Gasteiger charge is -2.35. The third kappa shape index (κ3) is 7.19. The Labute approximate surface area is 213 Å². The highest BCUT2D eigenvalue weighted by molar-refractivity contribution is 7.91. The molecule has 2 aromatic rings. The molecule has 0 aromatic heterocycles. The number of hydrogen-bond acceptors (Lipinski definition) is 8. The number of amides is 1. The van der Waals surface area contributed by atoms with Crippen LogP contribution in [0.25, 0.3) is 0 Å². The summed E-state index contributed by atoms with van der Waals surface area (Å²) in [7, 11) is -3.67. The first-order valence-electron chi connectivity index (χ1n) is 12.2. The van der Waals surface area contributed by atoms with Crippen LogP contribution in [0.1, 0.15) is 33.3 Å². The van der Waals surface area contributed by atoms with Gasteiger partial charge in [-0.1, -0.05) is 63.2 Å². The average molecular weight is 520 g/mol. The number of carbonyl (C=O) groups excluding carboxylic acids is 1. The summed E-state index contributed by atoms with van der Waals surface area (Å²) in [5, 5.41) is 13.0. The van der Waals surface area contributed by atoms with E-state index < -0.39 is 27.7 Å². The normalized spacial score (nSPS) is 15.7. The fourth-order valence-electron chi connectivity index (χ4n) is 4.10. The minimum absolute atomic E-state index is 0.0260. The maximum atomic E-state index is 13.2. The molecule has 1 amide bonds. The topological polar surface area (TPSA) is 122 Å². The molecular formula is C26H37N3O6S. The highest BCUT2D eigenvalue weighted by Gasteiger charge is 2.31. The molecule has 3 N–H and O–H groups in total. The Morgan fingerprint density at radius 1 is 1.00 bits per heavy atom. The van der Waals surface area contributed by atoms with Crippen molar-refractivity contribution in [3.63, 3.8) is 0 Å². The van der Waals surface area contributed by atoms with Gasteiger partial charge in [0.25, 0.3) is 5.91 Å². The molecule has 3 rings (SSSR count). The van der Waals surface area contributed by atoms with E-state index in [1.165, 1.54) is 17.1 Å². The zero-order valence-electron chi connectivity index (χ0n) is 21.3. The second-order valence-corrected chi connectivity index (χ2v) is 12.0. The lowest BCUT2D eigenvalue weighted by molar-refractivity contribution is -0.248. The number of benzene rings is 2. The maximum Gasteiger partial charge on any atom is 0.255 e. The number of nitrogens with zero attached hydrogens (tertiary/aromatic N) is 2. The largest absolute Gasteiger partial charge is 0.454 e. The van der Waals surface area contributed by atoms with Crippen molar-refractivity contribution in [1.82, 2.24) is 10.2 Å². The molecule has 1 aliphatic rings. The zero-order chi connectivity index (χ0) is 26.5. The summed E-state index contributed by atoms with van der Waals surface area (Å²) < 4.78 is 36.6. The van der Waals surface area contributed by atoms with Gasteiger partial charge in [0.1, 0.15) is 0 Å². The van der Waals surface area contributed by atoms with E-state index >= 15 is 0 Å². The summed E-state index contributed by atoms with van der Waals surface area (Å²) in [4.78, 5) is 13.3. The predicted octanol–water partition coefficient (Wildman–Crippen LogP) is 3.12. The van der Waals surface area contributed by atoms with Gasteiger partial charge in [-0.2, -0.15) is 0 Å². The minimum atomic E-state index is -3.67. The van der Waals surface area contributed by atoms with Gasteiger partial charge in [-0.15, -0.1) is 0 Å². The van der Waals surface area contributed by atoms with Crippen LogP contribution >= 0.6 is 0 Å². The van der Waals surface area contributed by atoms with Crippen LogP contribution in [0.2, 0.25) is 0 Å². The van der Waals surface area contributed by atoms with Crippen LogP contribution in [0.5, 0.6) is 11.5 Å². The second-order valence-electron chi connectivity index (χ2n) is 9.94. The molecule has 36 heavy (non-hydrogen) atoms. The number of rotatable bonds is 12. The summed E-state index contributed by atoms with van der Waals surface area (Å²) in [6, 6.07) is 13.6. The minimum Gasteiger partial charge on any atom is -0.454 e. The van der Waals surface area contributed by atoms with E-state index in [4.69, 9.17) is 15.2 Å². The Bertz CT molecular complexity index is 1130. The first kappa shape index (κ1) is 27.9. The molecule has 10 heteroatoms. The number of hydroxylamine groups is 1. The van der Waals surface area contributed by atoms with Crippen LogP contribution in [-0.4, -0.2) is 61.4 Å². The highest BCUT2D eigenvalue weighted by atomic mass is 32.2. The van der Waals surface area contributed by atoms with Crippen molar-refractivity contribution in [2.45, 2.75) is 45.1 Å². The number of hydrazine groups is 1. The molecule has 3 atom stereocenters. The van der Waals surface area contributed by atoms with Crippen LogP contribution < -0.4 is 15.2 Å². The maximum absolute atomic E-state index is 13.2. The first-order chi connectivity index (χ1) is 17.0. The number of carbonyl (C=O) groups is 1. The lowest BCUT2D eigenvalue weighted by atomic mass is 10.00. The van der Waals surface area contributed by atoms with E-state index in [1.807, 2.05) is 51.1 Å². The molecule has 0 bridgehead atoms. The van der Waals surface area contributed by atoms with E-state index in [0.29, 0.717) is 17.9 Å². The standard InChI is InChI=1S/C26H37N3O6S/c1-18(2)25(27)26(30)28(14-19(3)12-21-8-6-5-7-9-21)29(31)15-20(4)16-36(32,33)22-10-11-23-24(13-22)35-17-34-23/h5-11,13,18-20,25,31H,12,14-17,27H2,1-4H3/t19-,20+,25?/m0/s1. The van der Waals surface area contributed by atoms with Crippen molar-refractivity contribution >= 4 is 15.7 Å². The molecule has 0 spiro atoms. The molecule has 0 aliphatic carbocycles. The van der Waals surface area contributed by atoms with Crippen molar-refractivity contribution in [1.29, 1.82) is 0 Å². The SMILES string of the molecule is CC(C)C(N)C(=O)N(C[C@@H](C)Cc1ccccc1)N(O)C[C@@H](C)CS(=O)(=O)c1ccc2c(c1)OCO2. The molecule has 1 unspecified atom stereocenters. The van der Waals surface area contributed by atoms with E-state index in [1.54, 1.807) is 13.0 Å². The summed E-state index contributed by atoms with van der Waals surface area (Å²) in [5.74, 6) is -0.317. The van der Waals surface area contributed by atoms with Gasteiger partial charge in [0.15, 0.2) is 21.3 Å². The Morgan fingerprint density at radius 2 is 1.67 bits per heavy atom. The molecule has 0 saturated heterocycles. The Hall–Kier alpha value is -2.66. The van der Waals surface area contributed by atoms with E-state index in [9.17, 15) is 18.4 Å². The molecule has 0 radical (unpaired) electrons. The fraction of sp³-hybridized carbons (Fsp3) is 0.500. The summed E-state index contributed by atoms with van der Waals surface area (Å²) >= 11 is 0.